The van der Waals surface area contributed by atoms with Crippen LogP contribution >= 0.6 is 23.2 Å². The molecule has 2 aromatic carbocycles. The Hall–Kier alpha value is -2.17. The van der Waals surface area contributed by atoms with Crippen LogP contribution in [0.4, 0.5) is 32.0 Å². The third-order valence-electron chi connectivity index (χ3n) is 4.30. The number of rotatable bonds is 6. The molecule has 0 aliphatic heterocycles. The first-order chi connectivity index (χ1) is 14.1. The topological polar surface area (TPSA) is 61.4 Å². The summed E-state index contributed by atoms with van der Waals surface area (Å²) in [5.74, 6) is -0.550. The zero-order chi connectivity index (χ0) is 23.6. The van der Waals surface area contributed by atoms with E-state index < -0.39 is 48.1 Å². The van der Waals surface area contributed by atoms with Crippen molar-refractivity contribution in [2.45, 2.75) is 31.4 Å². The summed E-state index contributed by atoms with van der Waals surface area (Å²) in [6.45, 7) is -0.503. The number of nitrogens with one attached hydrogen (secondary N) is 2. The highest BCUT2D eigenvalue weighted by Crippen LogP contribution is 2.41. The Balaban J connectivity index is 2.38. The summed E-state index contributed by atoms with van der Waals surface area (Å²) in [4.78, 5) is 11.0. The minimum absolute atomic E-state index is 0.160. The SMILES string of the molecule is CC(=O)NCc1ccc(NC[C@@](O)(c2cc(Cl)cc(Cl)c2)C(F)(F)F)cc1C(F)(F)F. The highest BCUT2D eigenvalue weighted by molar-refractivity contribution is 6.34. The zero-order valence-electron chi connectivity index (χ0n) is 15.8. The number of halogens is 8. The van der Waals surface area contributed by atoms with Crippen molar-refractivity contribution in [3.05, 3.63) is 63.1 Å². The van der Waals surface area contributed by atoms with E-state index in [1.54, 1.807) is 0 Å². The maximum Gasteiger partial charge on any atom is 0.423 e. The van der Waals surface area contributed by atoms with Gasteiger partial charge >= 0.3 is 12.4 Å². The van der Waals surface area contributed by atoms with Crippen LogP contribution in [-0.2, 0) is 23.1 Å². The third-order valence-corrected chi connectivity index (χ3v) is 4.74. The first-order valence-electron chi connectivity index (χ1n) is 8.57. The Kier molecular flexibility index (Phi) is 7.39. The van der Waals surface area contributed by atoms with E-state index in [4.69, 9.17) is 23.2 Å². The number of carbonyl (C=O) groups excluding carboxylic acids is 1. The molecule has 0 aromatic heterocycles. The molecular weight excluding hydrogens is 473 g/mol. The molecule has 0 aliphatic carbocycles. The molecule has 0 aliphatic rings. The van der Waals surface area contributed by atoms with Gasteiger partial charge in [-0.25, -0.2) is 0 Å². The molecule has 0 saturated heterocycles. The van der Waals surface area contributed by atoms with Gasteiger partial charge in [-0.3, -0.25) is 4.79 Å². The Morgan fingerprint density at radius 3 is 2.06 bits per heavy atom. The van der Waals surface area contributed by atoms with E-state index in [2.05, 4.69) is 10.6 Å². The van der Waals surface area contributed by atoms with Crippen LogP contribution in [0.2, 0.25) is 10.0 Å². The predicted molar refractivity (Wildman–Crippen MR) is 104 cm³/mol. The van der Waals surface area contributed by atoms with Crippen LogP contribution in [-0.4, -0.2) is 23.7 Å². The van der Waals surface area contributed by atoms with Crippen LogP contribution in [0.15, 0.2) is 36.4 Å². The summed E-state index contributed by atoms with van der Waals surface area (Å²) in [5.41, 5.74) is -5.92. The van der Waals surface area contributed by atoms with Crippen molar-refractivity contribution in [3.8, 4) is 0 Å². The standard InChI is InChI=1S/C19H16Cl2F6N2O2/c1-10(30)28-8-11-2-3-15(7-16(11)18(22,23)24)29-9-17(31,19(25,26)27)12-4-13(20)6-14(21)5-12/h2-7,29,31H,8-9H2,1H3,(H,28,30)/t17-/m1/s1. The van der Waals surface area contributed by atoms with E-state index in [-0.39, 0.29) is 21.3 Å². The van der Waals surface area contributed by atoms with E-state index in [0.29, 0.717) is 6.07 Å². The Morgan fingerprint density at radius 2 is 1.58 bits per heavy atom. The smallest absolute Gasteiger partial charge is 0.381 e. The maximum absolute atomic E-state index is 13.7. The van der Waals surface area contributed by atoms with Gasteiger partial charge in [0.15, 0.2) is 0 Å². The maximum atomic E-state index is 13.7. The van der Waals surface area contributed by atoms with Gasteiger partial charge in [-0.2, -0.15) is 26.3 Å². The number of hydrogen-bond donors (Lipinski definition) is 3. The fourth-order valence-electron chi connectivity index (χ4n) is 2.71. The van der Waals surface area contributed by atoms with Crippen molar-refractivity contribution in [1.82, 2.24) is 5.32 Å². The van der Waals surface area contributed by atoms with Gasteiger partial charge in [-0.05, 0) is 41.5 Å². The number of anilines is 1. The molecule has 1 atom stereocenters. The summed E-state index contributed by atoms with van der Waals surface area (Å²) in [6, 6.07) is 5.61. The molecule has 2 aromatic rings. The number of carbonyl (C=O) groups is 1. The molecule has 4 nitrogen and oxygen atoms in total. The number of benzene rings is 2. The third kappa shape index (κ3) is 6.18. The molecule has 2 rings (SSSR count). The molecule has 0 spiro atoms. The molecule has 3 N–H and O–H groups in total. The van der Waals surface area contributed by atoms with E-state index in [0.717, 1.165) is 31.2 Å². The van der Waals surface area contributed by atoms with Crippen LogP contribution in [0.1, 0.15) is 23.6 Å². The van der Waals surface area contributed by atoms with Gasteiger partial charge in [0.25, 0.3) is 0 Å². The monoisotopic (exact) mass is 488 g/mol. The van der Waals surface area contributed by atoms with Gasteiger partial charge in [0.2, 0.25) is 11.5 Å². The van der Waals surface area contributed by atoms with Gasteiger partial charge in [-0.15, -0.1) is 0 Å². The molecule has 0 heterocycles. The molecule has 0 saturated carbocycles. The van der Waals surface area contributed by atoms with Gasteiger partial charge in [-0.1, -0.05) is 29.3 Å². The lowest BCUT2D eigenvalue weighted by Gasteiger charge is -2.32. The van der Waals surface area contributed by atoms with Crippen LogP contribution in [0.5, 0.6) is 0 Å². The second kappa shape index (κ2) is 9.13. The van der Waals surface area contributed by atoms with E-state index in [9.17, 15) is 36.2 Å². The van der Waals surface area contributed by atoms with Crippen molar-refractivity contribution in [3.63, 3.8) is 0 Å². The van der Waals surface area contributed by atoms with Gasteiger partial charge < -0.3 is 15.7 Å². The Bertz CT molecular complexity index is 945. The molecule has 12 heteroatoms. The molecule has 0 unspecified atom stereocenters. The molecule has 1 amide bonds. The average molecular weight is 489 g/mol. The fourth-order valence-corrected chi connectivity index (χ4v) is 3.24. The summed E-state index contributed by atoms with van der Waals surface area (Å²) < 4.78 is 81.1. The number of hydrogen-bond acceptors (Lipinski definition) is 3. The van der Waals surface area contributed by atoms with Crippen LogP contribution < -0.4 is 10.6 Å². The Labute approximate surface area is 183 Å². The molecule has 0 bridgehead atoms. The lowest BCUT2D eigenvalue weighted by Crippen LogP contribution is -2.47. The van der Waals surface area contributed by atoms with E-state index in [1.165, 1.54) is 6.07 Å². The predicted octanol–water partition coefficient (Wildman–Crippen LogP) is 5.51. The lowest BCUT2D eigenvalue weighted by atomic mass is 9.92. The minimum atomic E-state index is -5.20. The van der Waals surface area contributed by atoms with E-state index >= 15 is 0 Å². The summed E-state index contributed by atoms with van der Waals surface area (Å²) in [5, 5.41) is 14.5. The van der Waals surface area contributed by atoms with Crippen molar-refractivity contribution in [2.24, 2.45) is 0 Å². The van der Waals surface area contributed by atoms with Crippen molar-refractivity contribution >= 4 is 34.8 Å². The zero-order valence-corrected chi connectivity index (χ0v) is 17.3. The van der Waals surface area contributed by atoms with Gasteiger partial charge in [0.05, 0.1) is 12.1 Å². The van der Waals surface area contributed by atoms with Crippen molar-refractivity contribution in [2.75, 3.05) is 11.9 Å². The normalized spacial score (nSPS) is 14.1. The lowest BCUT2D eigenvalue weighted by molar-refractivity contribution is -0.260. The van der Waals surface area contributed by atoms with Crippen molar-refractivity contribution in [1.29, 1.82) is 0 Å². The number of aliphatic hydroxyl groups is 1. The average Bonchev–Trinajstić information content (AvgIpc) is 2.62. The second-order valence-corrected chi connectivity index (χ2v) is 7.52. The van der Waals surface area contributed by atoms with Crippen LogP contribution in [0.3, 0.4) is 0 Å². The van der Waals surface area contributed by atoms with Crippen molar-refractivity contribution < 1.29 is 36.2 Å². The summed E-state index contributed by atoms with van der Waals surface area (Å²) in [6.07, 6.45) is -10.0. The molecular formula is C19H16Cl2F6N2O2. The highest BCUT2D eigenvalue weighted by atomic mass is 35.5. The number of amides is 1. The molecule has 0 radical (unpaired) electrons. The molecule has 0 fully saturated rings. The first kappa shape index (κ1) is 25.1. The quantitative estimate of drug-likeness (QED) is 0.469. The molecule has 170 valence electrons. The van der Waals surface area contributed by atoms with Crippen LogP contribution in [0, 0.1) is 0 Å². The largest absolute Gasteiger partial charge is 0.423 e. The minimum Gasteiger partial charge on any atom is -0.381 e. The first-order valence-corrected chi connectivity index (χ1v) is 9.33. The van der Waals surface area contributed by atoms with E-state index in [1.807, 2.05) is 0 Å². The fraction of sp³-hybridized carbons (Fsp3) is 0.316. The number of alkyl halides is 6. The van der Waals surface area contributed by atoms with Crippen LogP contribution in [0.25, 0.3) is 0 Å². The summed E-state index contributed by atoms with van der Waals surface area (Å²) >= 11 is 11.5. The highest BCUT2D eigenvalue weighted by Gasteiger charge is 2.55. The van der Waals surface area contributed by atoms with Gasteiger partial charge in [0.1, 0.15) is 0 Å². The molecule has 31 heavy (non-hydrogen) atoms. The second-order valence-electron chi connectivity index (χ2n) is 6.65. The van der Waals surface area contributed by atoms with Gasteiger partial charge in [0, 0.05) is 29.2 Å². The summed E-state index contributed by atoms with van der Waals surface area (Å²) in [7, 11) is 0. The Morgan fingerprint density at radius 1 is 1.00 bits per heavy atom.